The predicted molar refractivity (Wildman–Crippen MR) is 57.1 cm³/mol. The van der Waals surface area contributed by atoms with Gasteiger partial charge >= 0.3 is 0 Å². The number of rotatable bonds is 1. The van der Waals surface area contributed by atoms with Crippen LogP contribution in [0.25, 0.3) is 0 Å². The maximum atomic E-state index is 13.7. The molecule has 0 amide bonds. The molecule has 0 aromatic heterocycles. The largest absolute Gasteiger partial charge is 0.207 e. The fourth-order valence-electron chi connectivity index (χ4n) is 2.24. The first-order valence-electron chi connectivity index (χ1n) is 4.97. The number of hydrogen-bond donors (Lipinski definition) is 0. The van der Waals surface area contributed by atoms with Crippen LogP contribution in [-0.4, -0.2) is 0 Å². The van der Waals surface area contributed by atoms with Gasteiger partial charge in [0.05, 0.1) is 11.5 Å². The van der Waals surface area contributed by atoms with Crippen molar-refractivity contribution in [2.75, 3.05) is 0 Å². The van der Waals surface area contributed by atoms with E-state index in [0.29, 0.717) is 17.0 Å². The molecule has 2 unspecified atom stereocenters. The summed E-state index contributed by atoms with van der Waals surface area (Å²) in [6.07, 6.45) is 1.66. The van der Waals surface area contributed by atoms with Gasteiger partial charge in [0.25, 0.3) is 0 Å². The van der Waals surface area contributed by atoms with Gasteiger partial charge in [0.15, 0.2) is 0 Å². The minimum Gasteiger partial charge on any atom is -0.207 e. The molecular formula is C12H11ClFN. The second-order valence-electron chi connectivity index (χ2n) is 4.12. The van der Waals surface area contributed by atoms with Gasteiger partial charge in [-0.25, -0.2) is 4.39 Å². The summed E-state index contributed by atoms with van der Waals surface area (Å²) in [6.45, 7) is 1.97. The van der Waals surface area contributed by atoms with E-state index < -0.39 is 5.41 Å². The quantitative estimate of drug-likeness (QED) is 0.713. The SMILES string of the molecule is CC1CCC1(C#N)c1c(F)cccc1Cl. The molecule has 2 rings (SSSR count). The molecule has 1 aliphatic rings. The molecule has 15 heavy (non-hydrogen) atoms. The van der Waals surface area contributed by atoms with Crippen molar-refractivity contribution in [3.8, 4) is 6.07 Å². The smallest absolute Gasteiger partial charge is 0.129 e. The second kappa shape index (κ2) is 3.50. The van der Waals surface area contributed by atoms with Gasteiger partial charge in [0.2, 0.25) is 0 Å². The minimum absolute atomic E-state index is 0.178. The van der Waals surface area contributed by atoms with E-state index in [9.17, 15) is 9.65 Å². The monoisotopic (exact) mass is 223 g/mol. The molecule has 2 atom stereocenters. The summed E-state index contributed by atoms with van der Waals surface area (Å²) in [7, 11) is 0. The molecule has 1 aromatic carbocycles. The first-order valence-corrected chi connectivity index (χ1v) is 5.35. The highest BCUT2D eigenvalue weighted by atomic mass is 35.5. The highest BCUT2D eigenvalue weighted by Crippen LogP contribution is 2.50. The molecule has 0 aliphatic heterocycles. The standard InChI is InChI=1S/C12H11ClFN/c1-8-5-6-12(8,7-15)11-9(13)3-2-4-10(11)14/h2-4,8H,5-6H2,1H3. The van der Waals surface area contributed by atoms with Crippen molar-refractivity contribution in [1.82, 2.24) is 0 Å². The van der Waals surface area contributed by atoms with Crippen LogP contribution in [0.5, 0.6) is 0 Å². The maximum Gasteiger partial charge on any atom is 0.129 e. The number of nitriles is 1. The normalized spacial score (nSPS) is 29.3. The summed E-state index contributed by atoms with van der Waals surface area (Å²) in [5.74, 6) is -0.187. The molecule has 1 aromatic rings. The summed E-state index contributed by atoms with van der Waals surface area (Å²) in [5.41, 5.74) is -0.324. The molecule has 3 heteroatoms. The van der Waals surface area contributed by atoms with Gasteiger partial charge in [-0.15, -0.1) is 0 Å². The van der Waals surface area contributed by atoms with Crippen LogP contribution in [0.4, 0.5) is 4.39 Å². The molecule has 0 spiro atoms. The maximum absolute atomic E-state index is 13.7. The fraction of sp³-hybridized carbons (Fsp3) is 0.417. The minimum atomic E-state index is -0.706. The highest BCUT2D eigenvalue weighted by molar-refractivity contribution is 6.31. The Morgan fingerprint density at radius 2 is 2.33 bits per heavy atom. The third kappa shape index (κ3) is 1.34. The predicted octanol–water partition coefficient (Wildman–Crippen LogP) is 3.67. The van der Waals surface area contributed by atoms with Crippen LogP contribution in [0.2, 0.25) is 5.02 Å². The van der Waals surface area contributed by atoms with Crippen LogP contribution in [-0.2, 0) is 5.41 Å². The number of hydrogen-bond acceptors (Lipinski definition) is 1. The lowest BCUT2D eigenvalue weighted by molar-refractivity contribution is 0.196. The van der Waals surface area contributed by atoms with E-state index in [-0.39, 0.29) is 11.7 Å². The molecule has 78 valence electrons. The molecule has 0 heterocycles. The molecule has 1 nitrogen and oxygen atoms in total. The van der Waals surface area contributed by atoms with Gasteiger partial charge in [-0.1, -0.05) is 24.6 Å². The molecule has 1 aliphatic carbocycles. The Balaban J connectivity index is 2.59. The van der Waals surface area contributed by atoms with Crippen LogP contribution in [0.15, 0.2) is 18.2 Å². The van der Waals surface area contributed by atoms with E-state index in [4.69, 9.17) is 11.6 Å². The third-order valence-electron chi connectivity index (χ3n) is 3.42. The van der Waals surface area contributed by atoms with Gasteiger partial charge in [0, 0.05) is 10.6 Å². The molecular weight excluding hydrogens is 213 g/mol. The van der Waals surface area contributed by atoms with Crippen molar-refractivity contribution >= 4 is 11.6 Å². The number of benzene rings is 1. The number of halogens is 2. The zero-order valence-corrected chi connectivity index (χ0v) is 9.18. The average Bonchev–Trinajstić information content (AvgIpc) is 2.21. The Kier molecular flexibility index (Phi) is 2.44. The Hall–Kier alpha value is -1.07. The van der Waals surface area contributed by atoms with Crippen LogP contribution < -0.4 is 0 Å². The summed E-state index contributed by atoms with van der Waals surface area (Å²) in [5, 5.41) is 9.60. The lowest BCUT2D eigenvalue weighted by Crippen LogP contribution is -2.42. The van der Waals surface area contributed by atoms with Gasteiger partial charge in [-0.2, -0.15) is 5.26 Å². The fourth-order valence-corrected chi connectivity index (χ4v) is 2.57. The summed E-state index contributed by atoms with van der Waals surface area (Å²) < 4.78 is 13.7. The van der Waals surface area contributed by atoms with Crippen LogP contribution in [0.3, 0.4) is 0 Å². The molecule has 0 radical (unpaired) electrons. The molecule has 1 saturated carbocycles. The Morgan fingerprint density at radius 1 is 1.60 bits per heavy atom. The first-order chi connectivity index (χ1) is 7.12. The highest BCUT2D eigenvalue weighted by Gasteiger charge is 2.48. The zero-order valence-electron chi connectivity index (χ0n) is 8.43. The van der Waals surface area contributed by atoms with E-state index in [1.165, 1.54) is 6.07 Å². The van der Waals surface area contributed by atoms with Crippen molar-refractivity contribution in [3.05, 3.63) is 34.6 Å². The lowest BCUT2D eigenvalue weighted by Gasteiger charge is -2.43. The zero-order chi connectivity index (χ0) is 11.1. The number of nitrogens with zero attached hydrogens (tertiary/aromatic N) is 1. The Labute approximate surface area is 93.5 Å². The van der Waals surface area contributed by atoms with Crippen molar-refractivity contribution < 1.29 is 4.39 Å². The van der Waals surface area contributed by atoms with Crippen molar-refractivity contribution in [2.24, 2.45) is 5.92 Å². The van der Waals surface area contributed by atoms with Gasteiger partial charge in [0.1, 0.15) is 5.82 Å². The second-order valence-corrected chi connectivity index (χ2v) is 4.53. The molecule has 0 N–H and O–H groups in total. The van der Waals surface area contributed by atoms with Crippen molar-refractivity contribution in [2.45, 2.75) is 25.2 Å². The third-order valence-corrected chi connectivity index (χ3v) is 3.74. The van der Waals surface area contributed by atoms with Crippen molar-refractivity contribution in [1.29, 1.82) is 5.26 Å². The van der Waals surface area contributed by atoms with Crippen LogP contribution in [0, 0.1) is 23.1 Å². The molecule has 0 saturated heterocycles. The Bertz CT molecular complexity index is 417. The first kappa shape index (κ1) is 10.4. The summed E-state index contributed by atoms with van der Waals surface area (Å²) >= 11 is 5.98. The van der Waals surface area contributed by atoms with Gasteiger partial charge in [-0.3, -0.25) is 0 Å². The average molecular weight is 224 g/mol. The Morgan fingerprint density at radius 3 is 2.73 bits per heavy atom. The van der Waals surface area contributed by atoms with E-state index in [1.807, 2.05) is 6.92 Å². The van der Waals surface area contributed by atoms with Crippen LogP contribution >= 0.6 is 11.6 Å². The lowest BCUT2D eigenvalue weighted by atomic mass is 9.58. The van der Waals surface area contributed by atoms with E-state index in [1.54, 1.807) is 12.1 Å². The van der Waals surface area contributed by atoms with E-state index in [0.717, 1.165) is 6.42 Å². The van der Waals surface area contributed by atoms with E-state index in [2.05, 4.69) is 6.07 Å². The summed E-state index contributed by atoms with van der Waals surface area (Å²) in [4.78, 5) is 0. The van der Waals surface area contributed by atoms with Gasteiger partial charge < -0.3 is 0 Å². The van der Waals surface area contributed by atoms with E-state index >= 15 is 0 Å². The van der Waals surface area contributed by atoms with Gasteiger partial charge in [-0.05, 0) is 30.9 Å². The van der Waals surface area contributed by atoms with Crippen LogP contribution in [0.1, 0.15) is 25.3 Å². The van der Waals surface area contributed by atoms with Crippen molar-refractivity contribution in [3.63, 3.8) is 0 Å². The topological polar surface area (TPSA) is 23.8 Å². The summed E-state index contributed by atoms with van der Waals surface area (Å²) in [6, 6.07) is 6.81. The molecule has 0 bridgehead atoms. The molecule has 1 fully saturated rings.